The minimum atomic E-state index is -0.606. The molecule has 1 heterocycles. The fourth-order valence-corrected chi connectivity index (χ4v) is 2.65. The van der Waals surface area contributed by atoms with Gasteiger partial charge in [-0.2, -0.15) is 0 Å². The highest BCUT2D eigenvalue weighted by Gasteiger charge is 2.17. The molecule has 0 amide bonds. The van der Waals surface area contributed by atoms with E-state index in [-0.39, 0.29) is 12.1 Å². The number of aliphatic hydroxyl groups excluding tert-OH is 1. The van der Waals surface area contributed by atoms with Crippen molar-refractivity contribution in [3.05, 3.63) is 47.9 Å². The van der Waals surface area contributed by atoms with Crippen molar-refractivity contribution in [3.8, 4) is 11.5 Å². The summed E-state index contributed by atoms with van der Waals surface area (Å²) >= 11 is 0. The predicted octanol–water partition coefficient (Wildman–Crippen LogP) is 3.46. The van der Waals surface area contributed by atoms with Crippen molar-refractivity contribution in [1.29, 1.82) is 0 Å². The maximum atomic E-state index is 10.1. The molecule has 0 fully saturated rings. The lowest BCUT2D eigenvalue weighted by Crippen LogP contribution is -2.30. The van der Waals surface area contributed by atoms with Gasteiger partial charge in [0.25, 0.3) is 0 Å². The molecule has 126 valence electrons. The zero-order chi connectivity index (χ0) is 16.8. The van der Waals surface area contributed by atoms with E-state index < -0.39 is 6.10 Å². The van der Waals surface area contributed by atoms with Crippen LogP contribution >= 0.6 is 0 Å². The molecule has 3 unspecified atom stereocenters. The topological polar surface area (TPSA) is 63.9 Å². The zero-order valence-electron chi connectivity index (χ0n) is 14.1. The van der Waals surface area contributed by atoms with Crippen LogP contribution in [0.15, 0.2) is 41.0 Å². The average molecular weight is 319 g/mol. The van der Waals surface area contributed by atoms with Gasteiger partial charge in [0.1, 0.15) is 11.9 Å². The van der Waals surface area contributed by atoms with Crippen LogP contribution in [0.5, 0.6) is 11.5 Å². The van der Waals surface area contributed by atoms with Crippen molar-refractivity contribution in [2.75, 3.05) is 14.2 Å². The van der Waals surface area contributed by atoms with Crippen molar-refractivity contribution in [3.63, 3.8) is 0 Å². The van der Waals surface area contributed by atoms with Gasteiger partial charge in [-0.3, -0.25) is 0 Å². The standard InChI is InChI=1S/C18H25NO4/c1-12(10-15(20)16-6-5-9-23-16)19-13(2)14-7-8-17(21-3)18(11-14)22-4/h5-9,11-13,15,19-20H,10H2,1-4H3. The van der Waals surface area contributed by atoms with E-state index >= 15 is 0 Å². The SMILES string of the molecule is COc1ccc(C(C)NC(C)CC(O)c2ccco2)cc1OC. The minimum absolute atomic E-state index is 0.119. The second-order valence-corrected chi connectivity index (χ2v) is 5.67. The molecule has 0 bridgehead atoms. The lowest BCUT2D eigenvalue weighted by Gasteiger charge is -2.22. The third kappa shape index (κ3) is 4.50. The Kier molecular flexibility index (Phi) is 6.07. The maximum Gasteiger partial charge on any atom is 0.161 e. The second kappa shape index (κ2) is 8.04. The summed E-state index contributed by atoms with van der Waals surface area (Å²) in [6, 6.07) is 9.68. The minimum Gasteiger partial charge on any atom is -0.493 e. The van der Waals surface area contributed by atoms with Crippen LogP contribution in [0.3, 0.4) is 0 Å². The first-order valence-corrected chi connectivity index (χ1v) is 7.74. The molecule has 0 aliphatic heterocycles. The van der Waals surface area contributed by atoms with Crippen molar-refractivity contribution in [2.45, 2.75) is 38.5 Å². The number of hydrogen-bond donors (Lipinski definition) is 2. The summed E-state index contributed by atoms with van der Waals surface area (Å²) < 4.78 is 15.8. The third-order valence-corrected chi connectivity index (χ3v) is 3.89. The van der Waals surface area contributed by atoms with E-state index in [0.717, 1.165) is 5.56 Å². The monoisotopic (exact) mass is 319 g/mol. The first kappa shape index (κ1) is 17.4. The van der Waals surface area contributed by atoms with E-state index in [0.29, 0.717) is 23.7 Å². The normalized spacial score (nSPS) is 15.0. The van der Waals surface area contributed by atoms with Crippen molar-refractivity contribution >= 4 is 0 Å². The van der Waals surface area contributed by atoms with E-state index in [1.807, 2.05) is 25.1 Å². The summed E-state index contributed by atoms with van der Waals surface area (Å²) in [6.45, 7) is 4.13. The molecule has 2 aromatic rings. The molecule has 0 aliphatic carbocycles. The van der Waals surface area contributed by atoms with Crippen LogP contribution in [0.4, 0.5) is 0 Å². The van der Waals surface area contributed by atoms with Crippen LogP contribution in [-0.2, 0) is 0 Å². The molecule has 2 N–H and O–H groups in total. The number of furan rings is 1. The van der Waals surface area contributed by atoms with Gasteiger partial charge >= 0.3 is 0 Å². The zero-order valence-corrected chi connectivity index (χ0v) is 14.1. The molecule has 1 aromatic heterocycles. The van der Waals surface area contributed by atoms with E-state index in [1.165, 1.54) is 0 Å². The number of rotatable bonds is 8. The van der Waals surface area contributed by atoms with Gasteiger partial charge in [0.15, 0.2) is 11.5 Å². The number of methoxy groups -OCH3 is 2. The first-order chi connectivity index (χ1) is 11.0. The summed E-state index contributed by atoms with van der Waals surface area (Å²) in [4.78, 5) is 0. The molecule has 1 aromatic carbocycles. The number of nitrogens with one attached hydrogen (secondary N) is 1. The van der Waals surface area contributed by atoms with E-state index in [2.05, 4.69) is 12.2 Å². The summed E-state index contributed by atoms with van der Waals surface area (Å²) in [5, 5.41) is 13.6. The summed E-state index contributed by atoms with van der Waals surface area (Å²) in [5.74, 6) is 2.02. The lowest BCUT2D eigenvalue weighted by atomic mass is 10.0. The van der Waals surface area contributed by atoms with Gasteiger partial charge in [0.2, 0.25) is 0 Å². The molecular weight excluding hydrogens is 294 g/mol. The van der Waals surface area contributed by atoms with Crippen molar-refractivity contribution < 1.29 is 19.0 Å². The Bertz CT molecular complexity index is 597. The molecule has 0 aliphatic rings. The molecule has 5 heteroatoms. The molecule has 0 radical (unpaired) electrons. The van der Waals surface area contributed by atoms with Gasteiger partial charge in [-0.1, -0.05) is 6.07 Å². The van der Waals surface area contributed by atoms with Gasteiger partial charge < -0.3 is 24.3 Å². The number of hydrogen-bond acceptors (Lipinski definition) is 5. The highest BCUT2D eigenvalue weighted by molar-refractivity contribution is 5.43. The summed E-state index contributed by atoms with van der Waals surface area (Å²) in [7, 11) is 3.25. The Morgan fingerprint density at radius 2 is 1.87 bits per heavy atom. The van der Waals surface area contributed by atoms with Gasteiger partial charge in [0.05, 0.1) is 20.5 Å². The van der Waals surface area contributed by atoms with Gasteiger partial charge in [0, 0.05) is 12.1 Å². The number of benzene rings is 1. The van der Waals surface area contributed by atoms with Crippen LogP contribution in [0, 0.1) is 0 Å². The number of ether oxygens (including phenoxy) is 2. The van der Waals surface area contributed by atoms with Crippen molar-refractivity contribution in [2.24, 2.45) is 0 Å². The molecule has 2 rings (SSSR count). The quantitative estimate of drug-likeness (QED) is 0.780. The van der Waals surface area contributed by atoms with Gasteiger partial charge in [-0.15, -0.1) is 0 Å². The largest absolute Gasteiger partial charge is 0.493 e. The third-order valence-electron chi connectivity index (χ3n) is 3.89. The molecule has 3 atom stereocenters. The summed E-state index contributed by atoms with van der Waals surface area (Å²) in [5.41, 5.74) is 1.10. The molecule has 5 nitrogen and oxygen atoms in total. The molecule has 23 heavy (non-hydrogen) atoms. The lowest BCUT2D eigenvalue weighted by molar-refractivity contribution is 0.127. The van der Waals surface area contributed by atoms with Crippen molar-refractivity contribution in [1.82, 2.24) is 5.32 Å². The Morgan fingerprint density at radius 1 is 1.13 bits per heavy atom. The Labute approximate surface area is 137 Å². The van der Waals surface area contributed by atoms with Crippen LogP contribution in [-0.4, -0.2) is 25.4 Å². The predicted molar refractivity (Wildman–Crippen MR) is 88.8 cm³/mol. The highest BCUT2D eigenvalue weighted by atomic mass is 16.5. The molecular formula is C18H25NO4. The molecule has 0 saturated heterocycles. The Morgan fingerprint density at radius 3 is 2.48 bits per heavy atom. The van der Waals surface area contributed by atoms with E-state index in [4.69, 9.17) is 13.9 Å². The Hall–Kier alpha value is -1.98. The maximum absolute atomic E-state index is 10.1. The van der Waals surface area contributed by atoms with Crippen LogP contribution in [0.1, 0.15) is 43.7 Å². The van der Waals surface area contributed by atoms with Crippen LogP contribution in [0.2, 0.25) is 0 Å². The smallest absolute Gasteiger partial charge is 0.161 e. The fraction of sp³-hybridized carbons (Fsp3) is 0.444. The highest BCUT2D eigenvalue weighted by Crippen LogP contribution is 2.30. The first-order valence-electron chi connectivity index (χ1n) is 7.74. The van der Waals surface area contributed by atoms with Gasteiger partial charge in [-0.05, 0) is 50.1 Å². The molecule has 0 saturated carbocycles. The fourth-order valence-electron chi connectivity index (χ4n) is 2.65. The Balaban J connectivity index is 1.96. The number of aliphatic hydroxyl groups is 1. The second-order valence-electron chi connectivity index (χ2n) is 5.67. The van der Waals surface area contributed by atoms with Gasteiger partial charge in [-0.25, -0.2) is 0 Å². The van der Waals surface area contributed by atoms with Crippen LogP contribution < -0.4 is 14.8 Å². The van der Waals surface area contributed by atoms with Crippen LogP contribution in [0.25, 0.3) is 0 Å². The average Bonchev–Trinajstić information content (AvgIpc) is 3.08. The molecule has 0 spiro atoms. The van der Waals surface area contributed by atoms with E-state index in [9.17, 15) is 5.11 Å². The van der Waals surface area contributed by atoms with E-state index in [1.54, 1.807) is 32.6 Å². The summed E-state index contributed by atoms with van der Waals surface area (Å²) in [6.07, 6.45) is 1.54.